The van der Waals surface area contributed by atoms with E-state index in [1.807, 2.05) is 24.3 Å². The van der Waals surface area contributed by atoms with Crippen molar-refractivity contribution in [3.63, 3.8) is 0 Å². The Morgan fingerprint density at radius 1 is 1.03 bits per heavy atom. The van der Waals surface area contributed by atoms with Crippen molar-refractivity contribution >= 4 is 22.9 Å². The highest BCUT2D eigenvalue weighted by molar-refractivity contribution is 5.95. The second kappa shape index (κ2) is 10.3. The Kier molecular flexibility index (Phi) is 6.80. The molecule has 0 saturated heterocycles. The van der Waals surface area contributed by atoms with Gasteiger partial charge in [-0.15, -0.1) is 0 Å². The fourth-order valence-corrected chi connectivity index (χ4v) is 3.37. The molecule has 0 aliphatic rings. The van der Waals surface area contributed by atoms with E-state index < -0.39 is 11.7 Å². The molecule has 0 aliphatic heterocycles. The van der Waals surface area contributed by atoms with Crippen molar-refractivity contribution < 1.29 is 18.7 Å². The van der Waals surface area contributed by atoms with Crippen LogP contribution in [0.5, 0.6) is 11.5 Å². The summed E-state index contributed by atoms with van der Waals surface area (Å²) in [5, 5.41) is 15.0. The van der Waals surface area contributed by atoms with Gasteiger partial charge in [0.2, 0.25) is 0 Å². The molecule has 34 heavy (non-hydrogen) atoms. The Hall–Kier alpha value is -4.70. The monoisotopic (exact) mass is 453 g/mol. The maximum absolute atomic E-state index is 14.0. The molecule has 168 valence electrons. The summed E-state index contributed by atoms with van der Waals surface area (Å²) >= 11 is 0. The highest BCUT2D eigenvalue weighted by atomic mass is 19.1. The van der Waals surface area contributed by atoms with Gasteiger partial charge in [0.1, 0.15) is 12.4 Å². The predicted molar refractivity (Wildman–Crippen MR) is 127 cm³/mol. The van der Waals surface area contributed by atoms with Gasteiger partial charge in [0.25, 0.3) is 5.91 Å². The molecular weight excluding hydrogens is 433 g/mol. The van der Waals surface area contributed by atoms with Crippen LogP contribution in [0.3, 0.4) is 0 Å². The van der Waals surface area contributed by atoms with Crippen molar-refractivity contribution in [3.05, 3.63) is 107 Å². The molecule has 7 heteroatoms. The Morgan fingerprint density at radius 2 is 1.85 bits per heavy atom. The zero-order valence-corrected chi connectivity index (χ0v) is 18.3. The Labute approximate surface area is 195 Å². The van der Waals surface area contributed by atoms with Gasteiger partial charge in [-0.3, -0.25) is 4.79 Å². The highest BCUT2D eigenvalue weighted by Crippen LogP contribution is 2.28. The summed E-state index contributed by atoms with van der Waals surface area (Å²) in [6.07, 6.45) is 1.41. The average molecular weight is 453 g/mol. The first-order valence-electron chi connectivity index (χ1n) is 10.4. The second-order valence-electron chi connectivity index (χ2n) is 7.39. The summed E-state index contributed by atoms with van der Waals surface area (Å²) in [6, 6.07) is 24.9. The fourth-order valence-electron chi connectivity index (χ4n) is 3.37. The van der Waals surface area contributed by atoms with Gasteiger partial charge in [0.05, 0.1) is 30.5 Å². The predicted octanol–water partition coefficient (Wildman–Crippen LogP) is 5.20. The van der Waals surface area contributed by atoms with Crippen LogP contribution in [0.25, 0.3) is 10.8 Å². The summed E-state index contributed by atoms with van der Waals surface area (Å²) in [6.45, 7) is 0.376. The lowest BCUT2D eigenvalue weighted by Crippen LogP contribution is -2.19. The molecule has 0 unspecified atom stereocenters. The Balaban J connectivity index is 1.40. The molecule has 0 atom stereocenters. The molecule has 6 nitrogen and oxygen atoms in total. The van der Waals surface area contributed by atoms with E-state index in [1.54, 1.807) is 18.2 Å². The number of benzene rings is 4. The lowest BCUT2D eigenvalue weighted by molar-refractivity contribution is 0.0951. The molecule has 0 radical (unpaired) electrons. The van der Waals surface area contributed by atoms with Gasteiger partial charge in [0, 0.05) is 0 Å². The molecule has 1 amide bonds. The molecule has 0 fully saturated rings. The maximum Gasteiger partial charge on any atom is 0.274 e. The number of methoxy groups -OCH3 is 1. The van der Waals surface area contributed by atoms with Crippen LogP contribution in [0.15, 0.2) is 84.0 Å². The molecule has 0 spiro atoms. The number of nitrogens with zero attached hydrogens (tertiary/aromatic N) is 2. The number of hydrazone groups is 1. The number of halogens is 1. The van der Waals surface area contributed by atoms with Crippen LogP contribution in [0.2, 0.25) is 0 Å². The molecule has 0 saturated carbocycles. The van der Waals surface area contributed by atoms with E-state index in [-0.39, 0.29) is 11.1 Å². The Morgan fingerprint density at radius 3 is 2.62 bits per heavy atom. The number of rotatable bonds is 7. The van der Waals surface area contributed by atoms with Gasteiger partial charge in [-0.25, -0.2) is 9.82 Å². The van der Waals surface area contributed by atoms with E-state index in [0.29, 0.717) is 23.7 Å². The number of hydrogen-bond acceptors (Lipinski definition) is 5. The summed E-state index contributed by atoms with van der Waals surface area (Å²) < 4.78 is 25.3. The normalized spacial score (nSPS) is 10.7. The number of carbonyl (C=O) groups excluding carboxylic acids is 1. The van der Waals surface area contributed by atoms with Crippen molar-refractivity contribution in [2.45, 2.75) is 6.61 Å². The van der Waals surface area contributed by atoms with E-state index >= 15 is 0 Å². The smallest absolute Gasteiger partial charge is 0.274 e. The number of ether oxygens (including phenoxy) is 2. The average Bonchev–Trinajstić information content (AvgIpc) is 2.87. The molecular formula is C27H20FN3O3. The number of nitriles is 1. The third kappa shape index (κ3) is 5.19. The molecule has 0 bridgehead atoms. The largest absolute Gasteiger partial charge is 0.493 e. The SMILES string of the molecule is COc1cc(C=NNC(=O)c2ccc(C#N)cc2F)ccc1OCc1ccc2ccccc2c1. The van der Waals surface area contributed by atoms with Gasteiger partial charge >= 0.3 is 0 Å². The number of fused-ring (bicyclic) bond motifs is 1. The number of amides is 1. The van der Waals surface area contributed by atoms with Crippen LogP contribution in [-0.2, 0) is 6.61 Å². The minimum Gasteiger partial charge on any atom is -0.493 e. The Bertz CT molecular complexity index is 1430. The summed E-state index contributed by atoms with van der Waals surface area (Å²) in [4.78, 5) is 12.1. The lowest BCUT2D eigenvalue weighted by atomic mass is 10.1. The van der Waals surface area contributed by atoms with Gasteiger partial charge in [-0.05, 0) is 64.4 Å². The number of carbonyl (C=O) groups is 1. The molecule has 1 N–H and O–H groups in total. The summed E-state index contributed by atoms with van der Waals surface area (Å²) in [7, 11) is 1.54. The molecule has 4 rings (SSSR count). The first-order valence-corrected chi connectivity index (χ1v) is 10.4. The van der Waals surface area contributed by atoms with Crippen molar-refractivity contribution in [3.8, 4) is 17.6 Å². The molecule has 0 aliphatic carbocycles. The first-order chi connectivity index (χ1) is 16.6. The van der Waals surface area contributed by atoms with Crippen LogP contribution in [0, 0.1) is 17.1 Å². The minimum atomic E-state index is -0.790. The van der Waals surface area contributed by atoms with Gasteiger partial charge in [-0.2, -0.15) is 10.4 Å². The second-order valence-corrected chi connectivity index (χ2v) is 7.39. The quantitative estimate of drug-likeness (QED) is 0.308. The summed E-state index contributed by atoms with van der Waals surface area (Å²) in [5.74, 6) is -0.437. The minimum absolute atomic E-state index is 0.132. The number of hydrogen-bond donors (Lipinski definition) is 1. The molecule has 0 aromatic heterocycles. The highest BCUT2D eigenvalue weighted by Gasteiger charge is 2.12. The van der Waals surface area contributed by atoms with Crippen LogP contribution >= 0.6 is 0 Å². The van der Waals surface area contributed by atoms with Crippen LogP contribution in [-0.4, -0.2) is 19.2 Å². The van der Waals surface area contributed by atoms with Crippen molar-refractivity contribution in [1.29, 1.82) is 5.26 Å². The van der Waals surface area contributed by atoms with Crippen molar-refractivity contribution in [2.24, 2.45) is 5.10 Å². The molecule has 4 aromatic carbocycles. The number of nitrogens with one attached hydrogen (secondary N) is 1. The van der Waals surface area contributed by atoms with E-state index in [2.05, 4.69) is 34.8 Å². The summed E-state index contributed by atoms with van der Waals surface area (Å²) in [5.41, 5.74) is 3.88. The zero-order chi connectivity index (χ0) is 23.9. The van der Waals surface area contributed by atoms with Crippen molar-refractivity contribution in [2.75, 3.05) is 7.11 Å². The van der Waals surface area contributed by atoms with Crippen molar-refractivity contribution in [1.82, 2.24) is 5.43 Å². The van der Waals surface area contributed by atoms with E-state index in [4.69, 9.17) is 14.7 Å². The third-order valence-electron chi connectivity index (χ3n) is 5.12. The fraction of sp³-hybridized carbons (Fsp3) is 0.0741. The standard InChI is InChI=1S/C27H20FN3O3/c1-33-26-14-19(16-30-31-27(32)23-10-7-18(15-29)13-24(23)28)8-11-25(26)34-17-20-6-9-21-4-2-3-5-22(21)12-20/h2-14,16H,17H2,1H3,(H,31,32). The molecule has 4 aromatic rings. The van der Waals surface area contributed by atoms with E-state index in [0.717, 1.165) is 17.0 Å². The van der Waals surface area contributed by atoms with Crippen LogP contribution in [0.4, 0.5) is 4.39 Å². The molecule has 0 heterocycles. The third-order valence-corrected chi connectivity index (χ3v) is 5.12. The van der Waals surface area contributed by atoms with Gasteiger partial charge in [0.15, 0.2) is 11.5 Å². The van der Waals surface area contributed by atoms with E-state index in [9.17, 15) is 9.18 Å². The maximum atomic E-state index is 14.0. The van der Waals surface area contributed by atoms with E-state index in [1.165, 1.54) is 30.8 Å². The topological polar surface area (TPSA) is 83.7 Å². The zero-order valence-electron chi connectivity index (χ0n) is 18.3. The van der Waals surface area contributed by atoms with Gasteiger partial charge < -0.3 is 9.47 Å². The van der Waals surface area contributed by atoms with Crippen LogP contribution < -0.4 is 14.9 Å². The van der Waals surface area contributed by atoms with Gasteiger partial charge in [-0.1, -0.05) is 36.4 Å². The first kappa shape index (κ1) is 22.5. The lowest BCUT2D eigenvalue weighted by Gasteiger charge is -2.12. The van der Waals surface area contributed by atoms with Crippen LogP contribution in [0.1, 0.15) is 27.0 Å².